The maximum Gasteiger partial charge on any atom is 0.326 e. The van der Waals surface area contributed by atoms with E-state index in [9.17, 15) is 14.7 Å². The van der Waals surface area contributed by atoms with Crippen molar-refractivity contribution in [3.8, 4) is 5.75 Å². The summed E-state index contributed by atoms with van der Waals surface area (Å²) in [6.45, 7) is 2.74. The zero-order valence-corrected chi connectivity index (χ0v) is 14.8. The van der Waals surface area contributed by atoms with Gasteiger partial charge in [0, 0.05) is 17.5 Å². The predicted octanol–water partition coefficient (Wildman–Crippen LogP) is 3.11. The van der Waals surface area contributed by atoms with Crippen molar-refractivity contribution in [2.45, 2.75) is 38.8 Å². The first-order valence-corrected chi connectivity index (χ1v) is 9.10. The molecule has 1 aromatic heterocycles. The number of aliphatic carboxylic acids is 1. The van der Waals surface area contributed by atoms with Crippen LogP contribution in [0.5, 0.6) is 5.75 Å². The van der Waals surface area contributed by atoms with E-state index in [-0.39, 0.29) is 5.91 Å². The van der Waals surface area contributed by atoms with Crippen LogP contribution in [0.15, 0.2) is 29.6 Å². The van der Waals surface area contributed by atoms with Crippen LogP contribution in [-0.2, 0) is 11.4 Å². The van der Waals surface area contributed by atoms with Gasteiger partial charge in [-0.25, -0.2) is 9.78 Å². The second-order valence-electron chi connectivity index (χ2n) is 6.02. The molecule has 7 heteroatoms. The van der Waals surface area contributed by atoms with E-state index < -0.39 is 12.0 Å². The van der Waals surface area contributed by atoms with E-state index >= 15 is 0 Å². The van der Waals surface area contributed by atoms with Gasteiger partial charge < -0.3 is 14.7 Å². The summed E-state index contributed by atoms with van der Waals surface area (Å²) in [4.78, 5) is 29.9. The van der Waals surface area contributed by atoms with Crippen molar-refractivity contribution in [2.75, 3.05) is 6.54 Å². The maximum atomic E-state index is 12.7. The highest BCUT2D eigenvalue weighted by molar-refractivity contribution is 7.09. The lowest BCUT2D eigenvalue weighted by molar-refractivity contribution is -0.143. The molecule has 1 aromatic carbocycles. The first-order chi connectivity index (χ1) is 12.0. The van der Waals surface area contributed by atoms with E-state index in [4.69, 9.17) is 4.74 Å². The molecule has 1 saturated heterocycles. The number of hydrogen-bond donors (Lipinski definition) is 1. The summed E-state index contributed by atoms with van der Waals surface area (Å²) in [6.07, 6.45) is 2.16. The van der Waals surface area contributed by atoms with E-state index in [1.807, 2.05) is 12.3 Å². The first kappa shape index (κ1) is 17.4. The van der Waals surface area contributed by atoms with Gasteiger partial charge in [0.25, 0.3) is 5.91 Å². The summed E-state index contributed by atoms with van der Waals surface area (Å²) in [5.41, 5.74) is 1.29. The number of benzene rings is 1. The quantitative estimate of drug-likeness (QED) is 0.886. The molecule has 1 fully saturated rings. The van der Waals surface area contributed by atoms with Crippen LogP contribution in [0, 0.1) is 6.92 Å². The maximum absolute atomic E-state index is 12.7. The Morgan fingerprint density at radius 2 is 2.24 bits per heavy atom. The Kier molecular flexibility index (Phi) is 5.33. The fraction of sp³-hybridized carbons (Fsp3) is 0.389. The summed E-state index contributed by atoms with van der Waals surface area (Å²) in [5.74, 6) is -0.637. The van der Waals surface area contributed by atoms with Crippen molar-refractivity contribution in [1.82, 2.24) is 9.88 Å². The third-order valence-electron chi connectivity index (χ3n) is 4.18. The number of aryl methyl sites for hydroxylation is 1. The molecule has 1 atom stereocenters. The van der Waals surface area contributed by atoms with Crippen LogP contribution in [0.25, 0.3) is 0 Å². The van der Waals surface area contributed by atoms with Crippen LogP contribution in [0.1, 0.15) is 40.3 Å². The molecule has 1 amide bonds. The second kappa shape index (κ2) is 7.65. The molecule has 0 aliphatic carbocycles. The molecule has 0 unspecified atom stereocenters. The number of carboxylic acid groups (broad SMARTS) is 1. The molecular weight excluding hydrogens is 340 g/mol. The number of piperidine rings is 1. The molecule has 1 aliphatic rings. The number of thiazole rings is 1. The van der Waals surface area contributed by atoms with E-state index in [0.717, 1.165) is 23.5 Å². The van der Waals surface area contributed by atoms with Gasteiger partial charge >= 0.3 is 5.97 Å². The summed E-state index contributed by atoms with van der Waals surface area (Å²) in [6, 6.07) is 6.13. The minimum absolute atomic E-state index is 0.262. The Hall–Kier alpha value is -2.41. The number of hydrogen-bond acceptors (Lipinski definition) is 5. The monoisotopic (exact) mass is 360 g/mol. The smallest absolute Gasteiger partial charge is 0.326 e. The number of likely N-dealkylation sites (tertiary alicyclic amines) is 1. The summed E-state index contributed by atoms with van der Waals surface area (Å²) in [7, 11) is 0. The average molecular weight is 360 g/mol. The second-order valence-corrected chi connectivity index (χ2v) is 7.08. The highest BCUT2D eigenvalue weighted by Gasteiger charge is 2.32. The van der Waals surface area contributed by atoms with E-state index in [0.29, 0.717) is 30.9 Å². The third-order valence-corrected chi connectivity index (χ3v) is 5.01. The lowest BCUT2D eigenvalue weighted by Gasteiger charge is -2.33. The van der Waals surface area contributed by atoms with Crippen LogP contribution < -0.4 is 4.74 Å². The van der Waals surface area contributed by atoms with E-state index in [2.05, 4.69) is 4.98 Å². The number of carbonyl (C=O) groups excluding carboxylic acids is 1. The number of ether oxygens (including phenoxy) is 1. The summed E-state index contributed by atoms with van der Waals surface area (Å²) in [5, 5.41) is 12.3. The Morgan fingerprint density at radius 3 is 2.96 bits per heavy atom. The van der Waals surface area contributed by atoms with Gasteiger partial charge in [-0.2, -0.15) is 0 Å². The van der Waals surface area contributed by atoms with E-state index in [1.54, 1.807) is 35.6 Å². The van der Waals surface area contributed by atoms with Crippen LogP contribution in [0.3, 0.4) is 0 Å². The van der Waals surface area contributed by atoms with Crippen LogP contribution in [-0.4, -0.2) is 39.5 Å². The Balaban J connectivity index is 1.71. The van der Waals surface area contributed by atoms with Gasteiger partial charge in [0.1, 0.15) is 18.4 Å². The number of nitrogens with zero attached hydrogens (tertiary/aromatic N) is 2. The van der Waals surface area contributed by atoms with Gasteiger partial charge in [-0.1, -0.05) is 6.07 Å². The number of aromatic nitrogens is 1. The molecule has 6 nitrogen and oxygen atoms in total. The highest BCUT2D eigenvalue weighted by Crippen LogP contribution is 2.22. The first-order valence-electron chi connectivity index (χ1n) is 8.22. The number of carbonyl (C=O) groups is 2. The number of rotatable bonds is 5. The lowest BCUT2D eigenvalue weighted by atomic mass is 10.0. The van der Waals surface area contributed by atoms with Crippen molar-refractivity contribution in [2.24, 2.45) is 0 Å². The molecule has 3 rings (SSSR count). The zero-order valence-electron chi connectivity index (χ0n) is 14.0. The molecule has 132 valence electrons. The predicted molar refractivity (Wildman–Crippen MR) is 93.9 cm³/mol. The molecule has 2 heterocycles. The van der Waals surface area contributed by atoms with Gasteiger partial charge in [-0.05, 0) is 44.4 Å². The molecule has 0 radical (unpaired) electrons. The van der Waals surface area contributed by atoms with Crippen molar-refractivity contribution in [3.05, 3.63) is 45.9 Å². The summed E-state index contributed by atoms with van der Waals surface area (Å²) >= 11 is 1.56. The molecule has 2 aromatic rings. The van der Waals surface area contributed by atoms with Crippen molar-refractivity contribution in [3.63, 3.8) is 0 Å². The third kappa shape index (κ3) is 4.17. The van der Waals surface area contributed by atoms with Crippen LogP contribution >= 0.6 is 11.3 Å². The molecule has 0 spiro atoms. The Labute approximate surface area is 150 Å². The fourth-order valence-corrected chi connectivity index (χ4v) is 3.55. The van der Waals surface area contributed by atoms with Gasteiger partial charge in [0.15, 0.2) is 0 Å². The van der Waals surface area contributed by atoms with Gasteiger partial charge in [0.2, 0.25) is 0 Å². The van der Waals surface area contributed by atoms with Gasteiger partial charge in [-0.15, -0.1) is 11.3 Å². The molecule has 0 saturated carbocycles. The minimum atomic E-state index is -0.945. The minimum Gasteiger partial charge on any atom is -0.487 e. The van der Waals surface area contributed by atoms with Gasteiger partial charge in [0.05, 0.1) is 10.7 Å². The Bertz CT molecular complexity index is 774. The molecule has 25 heavy (non-hydrogen) atoms. The lowest BCUT2D eigenvalue weighted by Crippen LogP contribution is -2.47. The number of carboxylic acids is 1. The summed E-state index contributed by atoms with van der Waals surface area (Å²) < 4.78 is 5.71. The zero-order chi connectivity index (χ0) is 17.8. The number of amides is 1. The standard InChI is InChI=1S/C18H20N2O4S/c1-12-19-14(11-25-12)10-24-15-6-4-5-13(9-15)17(21)20-8-3-2-7-16(20)18(22)23/h4-6,9,11,16H,2-3,7-8,10H2,1H3,(H,22,23)/t16-/m1/s1. The Morgan fingerprint density at radius 1 is 1.40 bits per heavy atom. The SMILES string of the molecule is Cc1nc(COc2cccc(C(=O)N3CCCC[C@@H]3C(=O)O)c2)cs1. The normalized spacial score (nSPS) is 17.3. The topological polar surface area (TPSA) is 79.7 Å². The van der Waals surface area contributed by atoms with E-state index in [1.165, 1.54) is 4.90 Å². The fourth-order valence-electron chi connectivity index (χ4n) is 2.95. The van der Waals surface area contributed by atoms with Gasteiger partial charge in [-0.3, -0.25) is 4.79 Å². The molecule has 0 bridgehead atoms. The molecule has 1 N–H and O–H groups in total. The average Bonchev–Trinajstić information content (AvgIpc) is 3.05. The largest absolute Gasteiger partial charge is 0.487 e. The van der Waals surface area contributed by atoms with Crippen molar-refractivity contribution >= 4 is 23.2 Å². The molecule has 1 aliphatic heterocycles. The van der Waals surface area contributed by atoms with Crippen LogP contribution in [0.2, 0.25) is 0 Å². The highest BCUT2D eigenvalue weighted by atomic mass is 32.1. The van der Waals surface area contributed by atoms with Crippen LogP contribution in [0.4, 0.5) is 0 Å². The van der Waals surface area contributed by atoms with Crippen molar-refractivity contribution < 1.29 is 19.4 Å². The molecular formula is C18H20N2O4S. The van der Waals surface area contributed by atoms with Crippen molar-refractivity contribution in [1.29, 1.82) is 0 Å².